The van der Waals surface area contributed by atoms with E-state index in [4.69, 9.17) is 37.4 Å². The molecule has 2 aromatic heterocycles. The highest BCUT2D eigenvalue weighted by molar-refractivity contribution is 7.98. The lowest BCUT2D eigenvalue weighted by Crippen LogP contribution is -2.04. The van der Waals surface area contributed by atoms with Crippen LogP contribution in [0.3, 0.4) is 0 Å². The van der Waals surface area contributed by atoms with Gasteiger partial charge in [-0.15, -0.1) is 11.8 Å². The molecule has 0 amide bonds. The molecule has 0 atom stereocenters. The van der Waals surface area contributed by atoms with Crippen molar-refractivity contribution in [1.29, 1.82) is 0 Å². The van der Waals surface area contributed by atoms with E-state index in [0.29, 0.717) is 22.9 Å². The molecule has 0 bridgehead atoms. The fourth-order valence-corrected chi connectivity index (χ4v) is 3.21. The van der Waals surface area contributed by atoms with Crippen molar-refractivity contribution in [1.82, 2.24) is 24.9 Å². The summed E-state index contributed by atoms with van der Waals surface area (Å²) >= 11 is 13.1. The predicted octanol–water partition coefficient (Wildman–Crippen LogP) is 4.13. The molecule has 0 unspecified atom stereocenters. The number of ether oxygens (including phenoxy) is 3. The van der Waals surface area contributed by atoms with Gasteiger partial charge in [-0.1, -0.05) is 0 Å². The second-order valence-electron chi connectivity index (χ2n) is 5.36. The van der Waals surface area contributed by atoms with E-state index < -0.39 is 0 Å². The third-order valence-corrected chi connectivity index (χ3v) is 4.64. The Morgan fingerprint density at radius 2 is 1.38 bits per heavy atom. The normalized spacial score (nSPS) is 10.6. The lowest BCUT2D eigenvalue weighted by Gasteiger charge is -2.14. The Hall–Kier alpha value is -2.56. The van der Waals surface area contributed by atoms with Gasteiger partial charge in [0.25, 0.3) is 0 Å². The zero-order valence-electron chi connectivity index (χ0n) is 15.9. The number of aromatic nitrogens is 5. The molecular formula is C17H16Cl2N6O3S. The number of anilines is 2. The fourth-order valence-electron chi connectivity index (χ4n) is 2.44. The summed E-state index contributed by atoms with van der Waals surface area (Å²) in [4.78, 5) is 20.6. The summed E-state index contributed by atoms with van der Waals surface area (Å²) in [6, 6.07) is 5.44. The summed E-state index contributed by atoms with van der Waals surface area (Å²) in [5, 5.41) is 3.53. The summed E-state index contributed by atoms with van der Waals surface area (Å²) in [5.74, 6) is 1.90. The van der Waals surface area contributed by atoms with Crippen LogP contribution in [0.25, 0.3) is 11.3 Å². The molecule has 152 valence electrons. The molecule has 1 aromatic carbocycles. The van der Waals surface area contributed by atoms with Gasteiger partial charge in [-0.3, -0.25) is 5.32 Å². The number of nitrogens with zero attached hydrogens (tertiary/aromatic N) is 5. The standard InChI is InChI=1S/C17H16Cl2N6O3S/c1-26-10-5-8(6-11(27-2)13(10)28-3)9-7-12(29-4)21-16(20-9)25-17-23-14(18)22-15(19)24-17/h5-7H,1-4H3,(H,20,21,22,23,24,25). The Morgan fingerprint density at radius 3 is 1.90 bits per heavy atom. The summed E-state index contributed by atoms with van der Waals surface area (Å²) in [7, 11) is 4.65. The van der Waals surface area contributed by atoms with Gasteiger partial charge in [-0.25, -0.2) is 9.97 Å². The third-order valence-electron chi connectivity index (χ3n) is 3.68. The molecule has 0 radical (unpaired) electrons. The number of hydrogen-bond acceptors (Lipinski definition) is 10. The fraction of sp³-hybridized carbons (Fsp3) is 0.235. The van der Waals surface area contributed by atoms with E-state index in [1.165, 1.54) is 11.8 Å². The number of methoxy groups -OCH3 is 3. The summed E-state index contributed by atoms with van der Waals surface area (Å²) in [6.45, 7) is 0. The lowest BCUT2D eigenvalue weighted by molar-refractivity contribution is 0.324. The molecule has 0 spiro atoms. The van der Waals surface area contributed by atoms with Crippen LogP contribution in [0.2, 0.25) is 10.6 Å². The summed E-state index contributed by atoms with van der Waals surface area (Å²) in [5.41, 5.74) is 1.37. The van der Waals surface area contributed by atoms with Gasteiger partial charge in [0, 0.05) is 5.56 Å². The molecule has 29 heavy (non-hydrogen) atoms. The first-order valence-corrected chi connectivity index (χ1v) is 10.0. The van der Waals surface area contributed by atoms with Crippen LogP contribution in [0, 0.1) is 0 Å². The smallest absolute Gasteiger partial charge is 0.235 e. The molecule has 0 fully saturated rings. The first-order valence-electron chi connectivity index (χ1n) is 8.05. The maximum atomic E-state index is 5.83. The Morgan fingerprint density at radius 1 is 0.793 bits per heavy atom. The molecule has 0 aliphatic rings. The molecule has 0 saturated heterocycles. The monoisotopic (exact) mass is 454 g/mol. The van der Waals surface area contributed by atoms with Crippen LogP contribution in [0.4, 0.5) is 11.9 Å². The Labute approximate surface area is 181 Å². The van der Waals surface area contributed by atoms with Crippen molar-refractivity contribution in [3.63, 3.8) is 0 Å². The zero-order chi connectivity index (χ0) is 21.0. The molecule has 3 aromatic rings. The molecule has 2 heterocycles. The average Bonchev–Trinajstić information content (AvgIpc) is 2.71. The van der Waals surface area contributed by atoms with Gasteiger partial charge < -0.3 is 14.2 Å². The van der Waals surface area contributed by atoms with Crippen molar-refractivity contribution in [3.05, 3.63) is 28.8 Å². The number of thioether (sulfide) groups is 1. The van der Waals surface area contributed by atoms with E-state index in [9.17, 15) is 0 Å². The molecule has 12 heteroatoms. The number of hydrogen-bond donors (Lipinski definition) is 1. The minimum Gasteiger partial charge on any atom is -0.493 e. The minimum atomic E-state index is -0.0432. The van der Waals surface area contributed by atoms with E-state index in [0.717, 1.165) is 10.6 Å². The first-order chi connectivity index (χ1) is 14.0. The van der Waals surface area contributed by atoms with E-state index in [-0.39, 0.29) is 22.5 Å². The van der Waals surface area contributed by atoms with Gasteiger partial charge in [0.05, 0.1) is 27.0 Å². The number of nitrogens with one attached hydrogen (secondary N) is 1. The second-order valence-corrected chi connectivity index (χ2v) is 6.86. The topological polar surface area (TPSA) is 104 Å². The number of benzene rings is 1. The molecule has 0 saturated carbocycles. The van der Waals surface area contributed by atoms with Crippen LogP contribution in [0.5, 0.6) is 17.2 Å². The Kier molecular flexibility index (Phi) is 6.78. The van der Waals surface area contributed by atoms with Crippen molar-refractivity contribution in [3.8, 4) is 28.5 Å². The van der Waals surface area contributed by atoms with Crippen LogP contribution >= 0.6 is 35.0 Å². The maximum Gasteiger partial charge on any atom is 0.235 e. The van der Waals surface area contributed by atoms with E-state index in [2.05, 4.69) is 30.2 Å². The molecule has 1 N–H and O–H groups in total. The van der Waals surface area contributed by atoms with Crippen LogP contribution in [0.15, 0.2) is 23.2 Å². The van der Waals surface area contributed by atoms with E-state index in [1.54, 1.807) is 33.5 Å². The number of rotatable bonds is 7. The predicted molar refractivity (Wildman–Crippen MR) is 112 cm³/mol. The minimum absolute atomic E-state index is 0.0432. The lowest BCUT2D eigenvalue weighted by atomic mass is 10.1. The Balaban J connectivity index is 2.07. The molecular weight excluding hydrogens is 439 g/mol. The second kappa shape index (κ2) is 9.29. The van der Waals surface area contributed by atoms with Gasteiger partial charge in [-0.2, -0.15) is 15.0 Å². The molecule has 3 rings (SSSR count). The SMILES string of the molecule is COc1cc(-c2cc(SC)nc(Nc3nc(Cl)nc(Cl)n3)n2)cc(OC)c1OC. The van der Waals surface area contributed by atoms with E-state index >= 15 is 0 Å². The average molecular weight is 455 g/mol. The highest BCUT2D eigenvalue weighted by Crippen LogP contribution is 2.41. The van der Waals surface area contributed by atoms with Crippen molar-refractivity contribution >= 4 is 46.9 Å². The van der Waals surface area contributed by atoms with Crippen molar-refractivity contribution in [2.24, 2.45) is 0 Å². The Bertz CT molecular complexity index is 995. The third kappa shape index (κ3) is 4.89. The quantitative estimate of drug-likeness (QED) is 0.413. The summed E-state index contributed by atoms with van der Waals surface area (Å²) in [6.07, 6.45) is 1.90. The van der Waals surface area contributed by atoms with Gasteiger partial charge in [0.15, 0.2) is 11.5 Å². The van der Waals surface area contributed by atoms with Crippen LogP contribution < -0.4 is 19.5 Å². The zero-order valence-corrected chi connectivity index (χ0v) is 18.2. The van der Waals surface area contributed by atoms with Crippen LogP contribution in [0.1, 0.15) is 0 Å². The molecule has 0 aliphatic carbocycles. The van der Waals surface area contributed by atoms with E-state index in [1.807, 2.05) is 12.3 Å². The van der Waals surface area contributed by atoms with Crippen molar-refractivity contribution < 1.29 is 14.2 Å². The van der Waals surface area contributed by atoms with Gasteiger partial charge >= 0.3 is 0 Å². The largest absolute Gasteiger partial charge is 0.493 e. The van der Waals surface area contributed by atoms with Crippen LogP contribution in [-0.2, 0) is 0 Å². The number of halogens is 2. The van der Waals surface area contributed by atoms with Gasteiger partial charge in [0.2, 0.25) is 28.2 Å². The highest BCUT2D eigenvalue weighted by Gasteiger charge is 2.16. The summed E-state index contributed by atoms with van der Waals surface area (Å²) < 4.78 is 16.2. The first kappa shape index (κ1) is 21.2. The molecule has 0 aliphatic heterocycles. The van der Waals surface area contributed by atoms with Gasteiger partial charge in [-0.05, 0) is 47.7 Å². The van der Waals surface area contributed by atoms with Crippen molar-refractivity contribution in [2.75, 3.05) is 32.9 Å². The van der Waals surface area contributed by atoms with Crippen molar-refractivity contribution in [2.45, 2.75) is 5.03 Å². The van der Waals surface area contributed by atoms with Gasteiger partial charge in [0.1, 0.15) is 5.03 Å². The highest BCUT2D eigenvalue weighted by atomic mass is 35.5. The van der Waals surface area contributed by atoms with Crippen LogP contribution in [-0.4, -0.2) is 52.5 Å². The molecule has 9 nitrogen and oxygen atoms in total. The maximum absolute atomic E-state index is 5.83.